The number of carbonyl (C=O) groups is 1. The largest absolute Gasteiger partial charge is 0.337 e. The van der Waals surface area contributed by atoms with E-state index in [1.54, 1.807) is 48.5 Å². The summed E-state index contributed by atoms with van der Waals surface area (Å²) in [5, 5.41) is 0. The zero-order valence-corrected chi connectivity index (χ0v) is 16.7. The summed E-state index contributed by atoms with van der Waals surface area (Å²) >= 11 is 0. The van der Waals surface area contributed by atoms with Gasteiger partial charge in [-0.05, 0) is 56.8 Å². The van der Waals surface area contributed by atoms with Gasteiger partial charge in [-0.3, -0.25) is 4.79 Å². The number of sulfone groups is 1. The average Bonchev–Trinajstić information content (AvgIpc) is 2.86. The van der Waals surface area contributed by atoms with Crippen LogP contribution in [0.2, 0.25) is 0 Å². The third-order valence-electron chi connectivity index (χ3n) is 4.94. The molecule has 0 radical (unpaired) electrons. The zero-order chi connectivity index (χ0) is 19.4. The van der Waals surface area contributed by atoms with Gasteiger partial charge in [-0.1, -0.05) is 29.8 Å². The van der Waals surface area contributed by atoms with Crippen LogP contribution >= 0.6 is 0 Å². The maximum atomic E-state index is 12.7. The number of aryl methyl sites for hydroxylation is 1. The van der Waals surface area contributed by atoms with E-state index in [2.05, 4.69) is 11.9 Å². The van der Waals surface area contributed by atoms with Gasteiger partial charge < -0.3 is 9.80 Å². The molecule has 0 atom stereocenters. The number of hydrogen-bond donors (Lipinski definition) is 0. The molecule has 3 rings (SSSR count). The van der Waals surface area contributed by atoms with Gasteiger partial charge >= 0.3 is 0 Å². The molecule has 144 valence electrons. The van der Waals surface area contributed by atoms with Crippen LogP contribution in [0, 0.1) is 6.92 Å². The number of likely N-dealkylation sites (N-methyl/N-ethyl adjacent to an activating group) is 1. The van der Waals surface area contributed by atoms with Crippen LogP contribution in [0.25, 0.3) is 0 Å². The Morgan fingerprint density at radius 1 is 0.926 bits per heavy atom. The Balaban J connectivity index is 1.69. The summed E-state index contributed by atoms with van der Waals surface area (Å²) in [6.45, 7) is 5.28. The van der Waals surface area contributed by atoms with Crippen molar-refractivity contribution < 1.29 is 13.2 Å². The van der Waals surface area contributed by atoms with Crippen molar-refractivity contribution in [3.05, 3.63) is 65.2 Å². The summed E-state index contributed by atoms with van der Waals surface area (Å²) in [4.78, 5) is 17.1. The second kappa shape index (κ2) is 8.23. The minimum absolute atomic E-state index is 0.0123. The molecule has 0 saturated carbocycles. The zero-order valence-electron chi connectivity index (χ0n) is 15.9. The van der Waals surface area contributed by atoms with Gasteiger partial charge in [-0.15, -0.1) is 0 Å². The van der Waals surface area contributed by atoms with Crippen LogP contribution in [0.4, 0.5) is 0 Å². The number of benzene rings is 2. The van der Waals surface area contributed by atoms with E-state index in [0.29, 0.717) is 16.0 Å². The first kappa shape index (κ1) is 19.6. The van der Waals surface area contributed by atoms with Crippen LogP contribution in [-0.4, -0.2) is 57.4 Å². The number of rotatable bonds is 4. The van der Waals surface area contributed by atoms with Gasteiger partial charge in [0.15, 0.2) is 9.84 Å². The van der Waals surface area contributed by atoms with Crippen molar-refractivity contribution >= 4 is 15.7 Å². The minimum Gasteiger partial charge on any atom is -0.337 e. The fraction of sp³-hybridized carbons (Fsp3) is 0.381. The second-order valence-corrected chi connectivity index (χ2v) is 9.21. The van der Waals surface area contributed by atoms with Gasteiger partial charge in [0, 0.05) is 25.2 Å². The van der Waals surface area contributed by atoms with Crippen LogP contribution < -0.4 is 0 Å². The van der Waals surface area contributed by atoms with E-state index in [9.17, 15) is 13.2 Å². The molecule has 6 heteroatoms. The van der Waals surface area contributed by atoms with E-state index in [0.717, 1.165) is 38.2 Å². The number of amides is 1. The fourth-order valence-electron chi connectivity index (χ4n) is 3.22. The molecule has 2 aromatic rings. The molecule has 1 aliphatic heterocycles. The van der Waals surface area contributed by atoms with E-state index in [1.165, 1.54) is 0 Å². The van der Waals surface area contributed by atoms with E-state index in [4.69, 9.17) is 0 Å². The molecule has 5 nitrogen and oxygen atoms in total. The van der Waals surface area contributed by atoms with Gasteiger partial charge in [0.1, 0.15) is 0 Å². The summed E-state index contributed by atoms with van der Waals surface area (Å²) in [7, 11) is -1.33. The van der Waals surface area contributed by atoms with Crippen LogP contribution in [-0.2, 0) is 15.6 Å². The monoisotopic (exact) mass is 386 g/mol. The highest BCUT2D eigenvalue weighted by molar-refractivity contribution is 7.90. The first-order valence-corrected chi connectivity index (χ1v) is 10.9. The second-order valence-electron chi connectivity index (χ2n) is 7.22. The molecule has 0 bridgehead atoms. The molecule has 0 N–H and O–H groups in total. The molecule has 1 heterocycles. The molecule has 1 saturated heterocycles. The fourth-order valence-corrected chi connectivity index (χ4v) is 4.57. The normalized spacial score (nSPS) is 16.1. The Kier molecular flexibility index (Phi) is 5.97. The highest BCUT2D eigenvalue weighted by Crippen LogP contribution is 2.18. The van der Waals surface area contributed by atoms with Crippen molar-refractivity contribution in [2.75, 3.05) is 33.2 Å². The molecule has 1 aliphatic rings. The predicted octanol–water partition coefficient (Wildman–Crippen LogP) is 2.75. The van der Waals surface area contributed by atoms with Crippen molar-refractivity contribution in [2.24, 2.45) is 0 Å². The standard InChI is InChI=1S/C21H26N2O3S/c1-17-4-10-20(11-5-17)27(25,26)16-18-6-8-19(9-7-18)21(24)23-13-3-12-22(2)14-15-23/h4-11H,3,12-16H2,1-2H3. The van der Waals surface area contributed by atoms with Crippen molar-refractivity contribution in [1.82, 2.24) is 9.80 Å². The molecular weight excluding hydrogens is 360 g/mol. The summed E-state index contributed by atoms with van der Waals surface area (Å²) in [6.07, 6.45) is 0.967. The predicted molar refractivity (Wildman–Crippen MR) is 107 cm³/mol. The van der Waals surface area contributed by atoms with E-state index < -0.39 is 9.84 Å². The number of carbonyl (C=O) groups excluding carboxylic acids is 1. The van der Waals surface area contributed by atoms with Crippen molar-refractivity contribution in [2.45, 2.75) is 24.0 Å². The molecule has 2 aromatic carbocycles. The maximum Gasteiger partial charge on any atom is 0.253 e. The molecule has 0 aliphatic carbocycles. The lowest BCUT2D eigenvalue weighted by Crippen LogP contribution is -2.34. The number of hydrogen-bond acceptors (Lipinski definition) is 4. The first-order valence-electron chi connectivity index (χ1n) is 9.21. The third-order valence-corrected chi connectivity index (χ3v) is 6.65. The topological polar surface area (TPSA) is 57.7 Å². The minimum atomic E-state index is -3.40. The van der Waals surface area contributed by atoms with E-state index in [1.807, 2.05) is 11.8 Å². The summed E-state index contributed by atoms with van der Waals surface area (Å²) in [5.41, 5.74) is 2.32. The van der Waals surface area contributed by atoms with Gasteiger partial charge in [0.25, 0.3) is 5.91 Å². The van der Waals surface area contributed by atoms with Gasteiger partial charge in [-0.2, -0.15) is 0 Å². The van der Waals surface area contributed by atoms with E-state index in [-0.39, 0.29) is 11.7 Å². The lowest BCUT2D eigenvalue weighted by atomic mass is 10.1. The lowest BCUT2D eigenvalue weighted by molar-refractivity contribution is 0.0763. The van der Waals surface area contributed by atoms with Crippen molar-refractivity contribution in [3.8, 4) is 0 Å². The summed E-state index contributed by atoms with van der Waals surface area (Å²) < 4.78 is 25.1. The van der Waals surface area contributed by atoms with E-state index >= 15 is 0 Å². The SMILES string of the molecule is Cc1ccc(S(=O)(=O)Cc2ccc(C(=O)N3CCCN(C)CC3)cc2)cc1. The highest BCUT2D eigenvalue weighted by Gasteiger charge is 2.20. The molecular formula is C21H26N2O3S. The van der Waals surface area contributed by atoms with Gasteiger partial charge in [0.05, 0.1) is 10.6 Å². The summed E-state index contributed by atoms with van der Waals surface area (Å²) in [5.74, 6) is -0.0581. The Labute approximate surface area is 161 Å². The molecule has 0 spiro atoms. The third kappa shape index (κ3) is 4.96. The lowest BCUT2D eigenvalue weighted by Gasteiger charge is -2.20. The smallest absolute Gasteiger partial charge is 0.253 e. The van der Waals surface area contributed by atoms with Crippen LogP contribution in [0.1, 0.15) is 27.9 Å². The molecule has 0 aromatic heterocycles. The van der Waals surface area contributed by atoms with Gasteiger partial charge in [-0.25, -0.2) is 8.42 Å². The highest BCUT2D eigenvalue weighted by atomic mass is 32.2. The molecule has 0 unspecified atom stereocenters. The molecule has 1 fully saturated rings. The molecule has 1 amide bonds. The van der Waals surface area contributed by atoms with Crippen LogP contribution in [0.15, 0.2) is 53.4 Å². The van der Waals surface area contributed by atoms with Crippen molar-refractivity contribution in [1.29, 1.82) is 0 Å². The van der Waals surface area contributed by atoms with Gasteiger partial charge in [0.2, 0.25) is 0 Å². The Morgan fingerprint density at radius 2 is 1.59 bits per heavy atom. The van der Waals surface area contributed by atoms with Crippen LogP contribution in [0.5, 0.6) is 0 Å². The Bertz CT molecular complexity index is 890. The Morgan fingerprint density at radius 3 is 2.26 bits per heavy atom. The average molecular weight is 387 g/mol. The quantitative estimate of drug-likeness (QED) is 0.811. The Hall–Kier alpha value is -2.18. The summed E-state index contributed by atoms with van der Waals surface area (Å²) in [6, 6.07) is 13.8. The maximum absolute atomic E-state index is 12.7. The van der Waals surface area contributed by atoms with Crippen LogP contribution in [0.3, 0.4) is 0 Å². The van der Waals surface area contributed by atoms with Crippen molar-refractivity contribution in [3.63, 3.8) is 0 Å². The molecule has 27 heavy (non-hydrogen) atoms. The number of nitrogens with zero attached hydrogens (tertiary/aromatic N) is 2. The first-order chi connectivity index (χ1) is 12.8.